The van der Waals surface area contributed by atoms with Gasteiger partial charge in [0.25, 0.3) is 0 Å². The third-order valence-corrected chi connectivity index (χ3v) is 5.27. The quantitative estimate of drug-likeness (QED) is 0.853. The second-order valence-electron chi connectivity index (χ2n) is 5.94. The zero-order chi connectivity index (χ0) is 16.1. The molecular formula is C18H22N2O2S. The van der Waals surface area contributed by atoms with Crippen LogP contribution in [0, 0.1) is 5.92 Å². The molecule has 2 aromatic heterocycles. The van der Waals surface area contributed by atoms with Gasteiger partial charge in [0.1, 0.15) is 5.76 Å². The van der Waals surface area contributed by atoms with Gasteiger partial charge < -0.3 is 9.73 Å². The van der Waals surface area contributed by atoms with E-state index in [1.54, 1.807) is 29.7 Å². The summed E-state index contributed by atoms with van der Waals surface area (Å²) in [6.07, 6.45) is 7.15. The van der Waals surface area contributed by atoms with E-state index >= 15 is 0 Å². The highest BCUT2D eigenvalue weighted by Gasteiger charge is 2.31. The number of hydrogen-bond donors (Lipinski definition) is 1. The maximum atomic E-state index is 12.0. The molecule has 1 saturated heterocycles. The summed E-state index contributed by atoms with van der Waals surface area (Å²) in [5.74, 6) is 1.07. The molecule has 1 aliphatic heterocycles. The lowest BCUT2D eigenvalue weighted by Crippen LogP contribution is -2.41. The third-order valence-electron chi connectivity index (χ3n) is 4.32. The first kappa shape index (κ1) is 16.0. The fraction of sp³-hybridized carbons (Fsp3) is 0.389. The van der Waals surface area contributed by atoms with E-state index in [0.717, 1.165) is 13.0 Å². The zero-order valence-electron chi connectivity index (χ0n) is 13.3. The molecule has 0 spiro atoms. The first-order chi connectivity index (χ1) is 11.2. The number of rotatable bonds is 5. The Labute approximate surface area is 140 Å². The van der Waals surface area contributed by atoms with Crippen molar-refractivity contribution >= 4 is 23.3 Å². The smallest absolute Gasteiger partial charge is 0.244 e. The van der Waals surface area contributed by atoms with Crippen molar-refractivity contribution in [2.75, 3.05) is 20.1 Å². The van der Waals surface area contributed by atoms with Gasteiger partial charge in [-0.1, -0.05) is 6.07 Å². The van der Waals surface area contributed by atoms with E-state index in [2.05, 4.69) is 34.8 Å². The topological polar surface area (TPSA) is 45.5 Å². The number of likely N-dealkylation sites (tertiary alicyclic amines) is 1. The van der Waals surface area contributed by atoms with Gasteiger partial charge in [-0.2, -0.15) is 0 Å². The Kier molecular flexibility index (Phi) is 5.31. The first-order valence-electron chi connectivity index (χ1n) is 7.97. The molecule has 1 aliphatic rings. The summed E-state index contributed by atoms with van der Waals surface area (Å²) in [5.41, 5.74) is 0. The summed E-state index contributed by atoms with van der Waals surface area (Å²) in [7, 11) is 2.18. The highest BCUT2D eigenvalue weighted by atomic mass is 32.1. The second-order valence-corrected chi connectivity index (χ2v) is 6.92. The Hall–Kier alpha value is -1.85. The van der Waals surface area contributed by atoms with Gasteiger partial charge in [0.15, 0.2) is 0 Å². The average molecular weight is 330 g/mol. The van der Waals surface area contributed by atoms with Crippen LogP contribution in [0.4, 0.5) is 0 Å². The molecule has 2 aromatic rings. The summed E-state index contributed by atoms with van der Waals surface area (Å²) < 4.78 is 5.19. The van der Waals surface area contributed by atoms with Gasteiger partial charge >= 0.3 is 0 Å². The zero-order valence-corrected chi connectivity index (χ0v) is 14.1. The van der Waals surface area contributed by atoms with Crippen LogP contribution >= 0.6 is 11.3 Å². The minimum atomic E-state index is -0.0699. The van der Waals surface area contributed by atoms with Gasteiger partial charge in [0.05, 0.1) is 6.26 Å². The molecule has 122 valence electrons. The van der Waals surface area contributed by atoms with Crippen molar-refractivity contribution in [1.82, 2.24) is 10.2 Å². The van der Waals surface area contributed by atoms with Crippen molar-refractivity contribution < 1.29 is 9.21 Å². The van der Waals surface area contributed by atoms with E-state index in [4.69, 9.17) is 4.42 Å². The Bertz CT molecular complexity index is 634. The molecule has 1 N–H and O–H groups in total. The highest BCUT2D eigenvalue weighted by Crippen LogP contribution is 2.36. The summed E-state index contributed by atoms with van der Waals surface area (Å²) in [6, 6.07) is 8.33. The Morgan fingerprint density at radius 3 is 3.13 bits per heavy atom. The summed E-state index contributed by atoms with van der Waals surface area (Å²) in [4.78, 5) is 15.8. The minimum Gasteiger partial charge on any atom is -0.465 e. The number of furan rings is 1. The van der Waals surface area contributed by atoms with Gasteiger partial charge in [-0.3, -0.25) is 9.69 Å². The van der Waals surface area contributed by atoms with Crippen LogP contribution in [0.3, 0.4) is 0 Å². The molecular weight excluding hydrogens is 308 g/mol. The number of thiophene rings is 1. The molecule has 0 aromatic carbocycles. The van der Waals surface area contributed by atoms with Crippen molar-refractivity contribution in [2.24, 2.45) is 5.92 Å². The van der Waals surface area contributed by atoms with Gasteiger partial charge in [0.2, 0.25) is 5.91 Å². The summed E-state index contributed by atoms with van der Waals surface area (Å²) in [5, 5.41) is 5.16. The van der Waals surface area contributed by atoms with Crippen LogP contribution in [0.25, 0.3) is 6.08 Å². The number of nitrogens with one attached hydrogen (secondary N) is 1. The predicted octanol–water partition coefficient (Wildman–Crippen LogP) is 3.55. The van der Waals surface area contributed by atoms with Crippen molar-refractivity contribution in [1.29, 1.82) is 0 Å². The first-order valence-corrected chi connectivity index (χ1v) is 8.85. The van der Waals surface area contributed by atoms with Gasteiger partial charge in [-0.25, -0.2) is 0 Å². The predicted molar refractivity (Wildman–Crippen MR) is 93.2 cm³/mol. The van der Waals surface area contributed by atoms with E-state index < -0.39 is 0 Å². The van der Waals surface area contributed by atoms with E-state index in [-0.39, 0.29) is 5.91 Å². The van der Waals surface area contributed by atoms with Crippen LogP contribution in [0.15, 0.2) is 46.4 Å². The maximum absolute atomic E-state index is 12.0. The molecule has 3 heterocycles. The van der Waals surface area contributed by atoms with Gasteiger partial charge in [-0.15, -0.1) is 11.3 Å². The molecule has 3 rings (SSSR count). The third kappa shape index (κ3) is 4.12. The van der Waals surface area contributed by atoms with E-state index in [9.17, 15) is 4.79 Å². The monoisotopic (exact) mass is 330 g/mol. The maximum Gasteiger partial charge on any atom is 0.244 e. The van der Waals surface area contributed by atoms with Gasteiger partial charge in [-0.05, 0) is 62.0 Å². The lowest BCUT2D eigenvalue weighted by atomic mass is 9.88. The Morgan fingerprint density at radius 2 is 2.39 bits per heavy atom. The number of piperidine rings is 1. The second kappa shape index (κ2) is 7.62. The van der Waals surface area contributed by atoms with Gasteiger partial charge in [0, 0.05) is 23.5 Å². The number of nitrogens with zero attached hydrogens (tertiary/aromatic N) is 1. The van der Waals surface area contributed by atoms with Crippen molar-refractivity contribution in [3.05, 3.63) is 52.6 Å². The van der Waals surface area contributed by atoms with Crippen LogP contribution in [0.1, 0.15) is 29.5 Å². The Morgan fingerprint density at radius 1 is 1.48 bits per heavy atom. The highest BCUT2D eigenvalue weighted by molar-refractivity contribution is 7.10. The lowest BCUT2D eigenvalue weighted by Gasteiger charge is -2.38. The molecule has 0 radical (unpaired) electrons. The fourth-order valence-electron chi connectivity index (χ4n) is 3.22. The summed E-state index contributed by atoms with van der Waals surface area (Å²) >= 11 is 1.80. The van der Waals surface area contributed by atoms with Crippen LogP contribution in [0.5, 0.6) is 0 Å². The normalized spacial score (nSPS) is 22.5. The molecule has 5 heteroatoms. The fourth-order valence-corrected chi connectivity index (χ4v) is 4.20. The van der Waals surface area contributed by atoms with Crippen molar-refractivity contribution in [3.63, 3.8) is 0 Å². The van der Waals surface area contributed by atoms with Crippen LogP contribution in [-0.2, 0) is 4.79 Å². The molecule has 0 saturated carbocycles. The van der Waals surface area contributed by atoms with Crippen molar-refractivity contribution in [2.45, 2.75) is 18.9 Å². The minimum absolute atomic E-state index is 0.0699. The number of carbonyl (C=O) groups is 1. The molecule has 4 nitrogen and oxygen atoms in total. The molecule has 2 atom stereocenters. The molecule has 1 amide bonds. The Balaban J connectivity index is 1.58. The van der Waals surface area contributed by atoms with E-state index in [1.807, 2.05) is 6.07 Å². The standard InChI is InChI=1S/C18H22N2O2S/c1-20-10-2-5-14(18(20)16-7-4-12-23-16)13-19-17(21)9-8-15-6-3-11-22-15/h3-4,6-9,11-12,14,18H,2,5,10,13H2,1H3,(H,19,21)/b9-8+/t14-,18-/m1/s1. The molecule has 0 bridgehead atoms. The van der Waals surface area contributed by atoms with Crippen LogP contribution < -0.4 is 5.32 Å². The largest absolute Gasteiger partial charge is 0.465 e. The van der Waals surface area contributed by atoms with Crippen LogP contribution in [0.2, 0.25) is 0 Å². The SMILES string of the molecule is CN1CCC[C@H](CNC(=O)/C=C/c2ccco2)[C@@H]1c1cccs1. The number of carbonyl (C=O) groups excluding carboxylic acids is 1. The lowest BCUT2D eigenvalue weighted by molar-refractivity contribution is -0.116. The summed E-state index contributed by atoms with van der Waals surface area (Å²) in [6.45, 7) is 1.82. The molecule has 0 aliphatic carbocycles. The van der Waals surface area contributed by atoms with E-state index in [1.165, 1.54) is 17.4 Å². The van der Waals surface area contributed by atoms with Crippen molar-refractivity contribution in [3.8, 4) is 0 Å². The van der Waals surface area contributed by atoms with Crippen LogP contribution in [-0.4, -0.2) is 30.9 Å². The molecule has 23 heavy (non-hydrogen) atoms. The number of amides is 1. The number of hydrogen-bond acceptors (Lipinski definition) is 4. The average Bonchev–Trinajstić information content (AvgIpc) is 3.24. The molecule has 1 fully saturated rings. The molecule has 0 unspecified atom stereocenters. The van der Waals surface area contributed by atoms with E-state index in [0.29, 0.717) is 24.3 Å².